The van der Waals surface area contributed by atoms with Gasteiger partial charge in [-0.25, -0.2) is 0 Å². The van der Waals surface area contributed by atoms with E-state index in [1.165, 1.54) is 5.57 Å². The summed E-state index contributed by atoms with van der Waals surface area (Å²) >= 11 is 0. The van der Waals surface area contributed by atoms with Crippen LogP contribution in [-0.4, -0.2) is 27.4 Å². The minimum absolute atomic E-state index is 0.155. The Kier molecular flexibility index (Phi) is 7.30. The smallest absolute Gasteiger partial charge is 0.303 e. The molecule has 3 N–H and O–H groups in total. The van der Waals surface area contributed by atoms with Gasteiger partial charge in [0.1, 0.15) is 0 Å². The van der Waals surface area contributed by atoms with E-state index in [9.17, 15) is 15.0 Å². The number of rotatable bonds is 10. The molecule has 25 heavy (non-hydrogen) atoms. The van der Waals surface area contributed by atoms with Gasteiger partial charge in [0.15, 0.2) is 0 Å². The molecule has 0 saturated heterocycles. The van der Waals surface area contributed by atoms with Gasteiger partial charge in [-0.2, -0.15) is 0 Å². The number of aliphatic hydroxyl groups excluding tert-OH is 2. The maximum absolute atomic E-state index is 10.7. The van der Waals surface area contributed by atoms with E-state index in [4.69, 9.17) is 5.11 Å². The lowest BCUT2D eigenvalue weighted by atomic mass is 9.87. The third-order valence-corrected chi connectivity index (χ3v) is 5.72. The van der Waals surface area contributed by atoms with Crippen molar-refractivity contribution in [3.8, 4) is 0 Å². The lowest BCUT2D eigenvalue weighted by Crippen LogP contribution is -2.22. The van der Waals surface area contributed by atoms with Crippen LogP contribution in [0.1, 0.15) is 58.3 Å². The average molecular weight is 348 g/mol. The van der Waals surface area contributed by atoms with E-state index < -0.39 is 12.1 Å². The van der Waals surface area contributed by atoms with Gasteiger partial charge in [0.05, 0.1) is 11.9 Å². The molecule has 0 spiro atoms. The van der Waals surface area contributed by atoms with Crippen molar-refractivity contribution in [1.29, 1.82) is 0 Å². The van der Waals surface area contributed by atoms with Gasteiger partial charge in [0, 0.05) is 12.3 Å². The molecule has 0 aromatic carbocycles. The zero-order valence-corrected chi connectivity index (χ0v) is 15.2. The molecule has 0 amide bonds. The van der Waals surface area contributed by atoms with Crippen molar-refractivity contribution in [3.05, 3.63) is 36.1 Å². The summed E-state index contributed by atoms with van der Waals surface area (Å²) in [6.45, 7) is 5.92. The molecule has 0 heterocycles. The van der Waals surface area contributed by atoms with Crippen LogP contribution in [0.2, 0.25) is 0 Å². The van der Waals surface area contributed by atoms with Gasteiger partial charge in [0.2, 0.25) is 0 Å². The zero-order valence-electron chi connectivity index (χ0n) is 15.2. The average Bonchev–Trinajstić information content (AvgIpc) is 3.06. The summed E-state index contributed by atoms with van der Waals surface area (Å²) in [4.78, 5) is 10.7. The first-order chi connectivity index (χ1) is 11.9. The molecule has 0 radical (unpaired) electrons. The van der Waals surface area contributed by atoms with Crippen molar-refractivity contribution in [2.45, 2.75) is 64.4 Å². The van der Waals surface area contributed by atoms with Gasteiger partial charge in [0.25, 0.3) is 0 Å². The van der Waals surface area contributed by atoms with E-state index in [1.54, 1.807) is 0 Å². The maximum Gasteiger partial charge on any atom is 0.303 e. The number of unbranched alkanes of at least 4 members (excludes halogenated alkanes) is 1. The van der Waals surface area contributed by atoms with E-state index in [0.717, 1.165) is 32.1 Å². The lowest BCUT2D eigenvalue weighted by molar-refractivity contribution is -0.136. The fourth-order valence-corrected chi connectivity index (χ4v) is 4.35. The molecule has 1 fully saturated rings. The largest absolute Gasteiger partial charge is 0.512 e. The molecule has 5 atom stereocenters. The lowest BCUT2D eigenvalue weighted by Gasteiger charge is -2.21. The highest BCUT2D eigenvalue weighted by atomic mass is 16.4. The fourth-order valence-electron chi connectivity index (χ4n) is 4.35. The highest BCUT2D eigenvalue weighted by Gasteiger charge is 2.46. The first-order valence-electron chi connectivity index (χ1n) is 9.51. The van der Waals surface area contributed by atoms with Gasteiger partial charge in [-0.15, -0.1) is 6.58 Å². The second kappa shape index (κ2) is 9.23. The van der Waals surface area contributed by atoms with Gasteiger partial charge < -0.3 is 15.3 Å². The number of aliphatic carboxylic acids is 1. The SMILES string of the molecule is C=CCCCC(C)CC=C(O)[C@H]1[C@@H]2CC(CCC(=O)O)=C[C@@H]2C[C@@H]1O. The summed E-state index contributed by atoms with van der Waals surface area (Å²) in [6, 6.07) is 0. The van der Waals surface area contributed by atoms with Crippen LogP contribution >= 0.6 is 0 Å². The molecular formula is C21H32O4. The van der Waals surface area contributed by atoms with Crippen LogP contribution in [0, 0.1) is 23.7 Å². The Morgan fingerprint density at radius 1 is 1.44 bits per heavy atom. The van der Waals surface area contributed by atoms with Gasteiger partial charge >= 0.3 is 5.97 Å². The minimum Gasteiger partial charge on any atom is -0.512 e. The van der Waals surface area contributed by atoms with E-state index >= 15 is 0 Å². The molecule has 0 aliphatic heterocycles. The summed E-state index contributed by atoms with van der Waals surface area (Å²) in [7, 11) is 0. The molecule has 0 bridgehead atoms. The topological polar surface area (TPSA) is 77.8 Å². The van der Waals surface area contributed by atoms with Gasteiger partial charge in [-0.05, 0) is 62.4 Å². The van der Waals surface area contributed by atoms with Crippen molar-refractivity contribution in [2.24, 2.45) is 23.7 Å². The van der Waals surface area contributed by atoms with Crippen molar-refractivity contribution in [1.82, 2.24) is 0 Å². The van der Waals surface area contributed by atoms with Crippen LogP contribution in [0.3, 0.4) is 0 Å². The Balaban J connectivity index is 1.89. The summed E-state index contributed by atoms with van der Waals surface area (Å²) in [6.07, 6.45) is 11.7. The van der Waals surface area contributed by atoms with Gasteiger partial charge in [-0.1, -0.05) is 31.1 Å². The minimum atomic E-state index is -0.775. The molecule has 2 aliphatic carbocycles. The highest BCUT2D eigenvalue weighted by molar-refractivity contribution is 5.67. The third-order valence-electron chi connectivity index (χ3n) is 5.72. The Hall–Kier alpha value is -1.55. The quantitative estimate of drug-likeness (QED) is 0.306. The molecule has 4 nitrogen and oxygen atoms in total. The first-order valence-corrected chi connectivity index (χ1v) is 9.51. The third kappa shape index (κ3) is 5.46. The summed E-state index contributed by atoms with van der Waals surface area (Å²) in [5.74, 6) is 0.329. The number of hydrogen-bond acceptors (Lipinski definition) is 3. The van der Waals surface area contributed by atoms with Crippen molar-refractivity contribution < 1.29 is 20.1 Å². The second-order valence-electron chi connectivity index (χ2n) is 7.77. The first kappa shape index (κ1) is 19.8. The second-order valence-corrected chi connectivity index (χ2v) is 7.77. The van der Waals surface area contributed by atoms with Crippen LogP contribution in [0.5, 0.6) is 0 Å². The molecular weight excluding hydrogens is 316 g/mol. The number of allylic oxidation sites excluding steroid dienone is 4. The molecule has 2 aliphatic rings. The summed E-state index contributed by atoms with van der Waals surface area (Å²) in [5, 5.41) is 29.8. The number of hydrogen-bond donors (Lipinski definition) is 3. The van der Waals surface area contributed by atoms with Gasteiger partial charge in [-0.3, -0.25) is 4.79 Å². The predicted octanol–water partition coefficient (Wildman–Crippen LogP) is 4.62. The molecule has 140 valence electrons. The Bertz CT molecular complexity index is 534. The van der Waals surface area contributed by atoms with Crippen LogP contribution in [-0.2, 0) is 4.79 Å². The predicted molar refractivity (Wildman–Crippen MR) is 99.2 cm³/mol. The molecule has 0 aromatic heterocycles. The highest BCUT2D eigenvalue weighted by Crippen LogP contribution is 2.49. The Labute approximate surface area is 151 Å². The number of carboxylic acid groups (broad SMARTS) is 1. The van der Waals surface area contributed by atoms with E-state index in [2.05, 4.69) is 19.6 Å². The van der Waals surface area contributed by atoms with Crippen molar-refractivity contribution in [2.75, 3.05) is 0 Å². The van der Waals surface area contributed by atoms with Crippen LogP contribution < -0.4 is 0 Å². The van der Waals surface area contributed by atoms with Crippen LogP contribution in [0.25, 0.3) is 0 Å². The molecule has 1 unspecified atom stereocenters. The standard InChI is InChI=1S/C21H32O4/c1-3-4-5-6-14(2)7-9-18(22)21-17-12-15(8-10-20(24)25)11-16(17)13-19(21)23/h3,9,11,14,16-17,19,21-23H,1,4-8,10,12-13H2,2H3,(H,24,25)/t14?,16-,17-,19+,21-/m1/s1. The molecule has 4 heteroatoms. The number of fused-ring (bicyclic) bond motifs is 1. The van der Waals surface area contributed by atoms with E-state index in [1.807, 2.05) is 12.2 Å². The molecule has 2 rings (SSSR count). The van der Waals surface area contributed by atoms with E-state index in [0.29, 0.717) is 24.5 Å². The number of carboxylic acids is 1. The molecule has 1 saturated carbocycles. The van der Waals surface area contributed by atoms with Crippen molar-refractivity contribution in [3.63, 3.8) is 0 Å². The fraction of sp³-hybridized carbons (Fsp3) is 0.667. The summed E-state index contributed by atoms with van der Waals surface area (Å²) < 4.78 is 0. The number of carbonyl (C=O) groups is 1. The van der Waals surface area contributed by atoms with Crippen LogP contribution in [0.4, 0.5) is 0 Å². The number of aliphatic hydroxyl groups is 2. The maximum atomic E-state index is 10.7. The Morgan fingerprint density at radius 2 is 2.20 bits per heavy atom. The van der Waals surface area contributed by atoms with E-state index in [-0.39, 0.29) is 24.2 Å². The zero-order chi connectivity index (χ0) is 18.4. The normalized spacial score (nSPS) is 30.0. The van der Waals surface area contributed by atoms with Crippen LogP contribution in [0.15, 0.2) is 36.1 Å². The van der Waals surface area contributed by atoms with Crippen molar-refractivity contribution >= 4 is 5.97 Å². The monoisotopic (exact) mass is 348 g/mol. The summed E-state index contributed by atoms with van der Waals surface area (Å²) in [5.41, 5.74) is 1.17. The Morgan fingerprint density at radius 3 is 2.88 bits per heavy atom. The molecule has 0 aromatic rings.